The van der Waals surface area contributed by atoms with Crippen LogP contribution in [0.3, 0.4) is 0 Å². The van der Waals surface area contributed by atoms with Gasteiger partial charge in [0.05, 0.1) is 11.4 Å². The van der Waals surface area contributed by atoms with Crippen LogP contribution in [0.15, 0.2) is 48.5 Å². The van der Waals surface area contributed by atoms with Crippen LogP contribution in [0.1, 0.15) is 51.7 Å². The zero-order chi connectivity index (χ0) is 27.9. The quantitative estimate of drug-likeness (QED) is 0.486. The van der Waals surface area contributed by atoms with E-state index in [1.165, 1.54) is 0 Å². The molecule has 0 spiro atoms. The van der Waals surface area contributed by atoms with Gasteiger partial charge in [-0.3, -0.25) is 14.5 Å². The van der Waals surface area contributed by atoms with Gasteiger partial charge in [0.15, 0.2) is 9.84 Å². The zero-order valence-electron chi connectivity index (χ0n) is 22.9. The average molecular weight is 562 g/mol. The van der Waals surface area contributed by atoms with E-state index >= 15 is 0 Å². The molecule has 3 rings (SSSR count). The first kappa shape index (κ1) is 30.1. The van der Waals surface area contributed by atoms with Gasteiger partial charge in [0, 0.05) is 50.2 Å². The van der Waals surface area contributed by atoms with Gasteiger partial charge < -0.3 is 9.80 Å². The molecule has 2 aromatic carbocycles. The zero-order valence-corrected chi connectivity index (χ0v) is 24.5. The van der Waals surface area contributed by atoms with E-state index in [0.717, 1.165) is 18.5 Å². The summed E-state index contributed by atoms with van der Waals surface area (Å²) in [5.41, 5.74) is 2.12. The summed E-state index contributed by atoms with van der Waals surface area (Å²) in [5.74, 6) is -0.979. The minimum absolute atomic E-state index is 0.0159. The lowest BCUT2D eigenvalue weighted by atomic mass is 10.1. The number of hydrogen-bond acceptors (Lipinski definition) is 5. The summed E-state index contributed by atoms with van der Waals surface area (Å²) in [5, 5.41) is 0.507. The first-order chi connectivity index (χ1) is 17.9. The van der Waals surface area contributed by atoms with E-state index < -0.39 is 21.5 Å². The second-order valence-corrected chi connectivity index (χ2v) is 13.2. The summed E-state index contributed by atoms with van der Waals surface area (Å²) >= 11 is 6.37. The molecule has 0 bridgehead atoms. The molecule has 208 valence electrons. The molecule has 0 fully saturated rings. The number of fused-ring (bicyclic) bond motifs is 1. The molecule has 1 heterocycles. The van der Waals surface area contributed by atoms with Crippen molar-refractivity contribution in [1.82, 2.24) is 9.80 Å². The van der Waals surface area contributed by atoms with Crippen molar-refractivity contribution in [3.8, 4) is 0 Å². The fourth-order valence-corrected chi connectivity index (χ4v) is 6.25. The average Bonchev–Trinajstić information content (AvgIpc) is 2.86. The summed E-state index contributed by atoms with van der Waals surface area (Å²) in [4.78, 5) is 32.5. The van der Waals surface area contributed by atoms with E-state index in [9.17, 15) is 18.0 Å². The van der Waals surface area contributed by atoms with Crippen molar-refractivity contribution in [3.63, 3.8) is 0 Å². The van der Waals surface area contributed by atoms with E-state index in [0.29, 0.717) is 42.3 Å². The lowest BCUT2D eigenvalue weighted by Gasteiger charge is -2.30. The molecule has 1 aliphatic heterocycles. The molecule has 0 saturated carbocycles. The standard InChI is InChI=1S/C29H40ClN3O4S/c1-22(2)17-28(34)33-14-8-13-31(23(3)4)15-16-32(19-25-11-12-26(30)18-27(25)33)29(35)21-38(36,37)20-24-9-6-5-7-10-24/h5-7,9-12,18,22-23H,8,13-17,19-21H2,1-4H3. The highest BCUT2D eigenvalue weighted by atomic mass is 35.5. The van der Waals surface area contributed by atoms with Crippen molar-refractivity contribution in [1.29, 1.82) is 0 Å². The minimum Gasteiger partial charge on any atom is -0.336 e. The molecular weight excluding hydrogens is 522 g/mol. The van der Waals surface area contributed by atoms with E-state index in [1.807, 2.05) is 26.0 Å². The Labute approximate surface area is 232 Å². The summed E-state index contributed by atoms with van der Waals surface area (Å²) in [6.45, 7) is 10.7. The first-order valence-corrected chi connectivity index (χ1v) is 15.5. The number of amides is 2. The fourth-order valence-electron chi connectivity index (χ4n) is 4.73. The Morgan fingerprint density at radius 1 is 0.921 bits per heavy atom. The lowest BCUT2D eigenvalue weighted by molar-refractivity contribution is -0.129. The second kappa shape index (κ2) is 13.6. The van der Waals surface area contributed by atoms with Gasteiger partial charge in [0.25, 0.3) is 0 Å². The third-order valence-corrected chi connectivity index (χ3v) is 8.42. The number of nitrogens with zero attached hydrogens (tertiary/aromatic N) is 3. The molecule has 0 atom stereocenters. The van der Waals surface area contributed by atoms with Crippen molar-refractivity contribution in [2.45, 2.75) is 58.9 Å². The highest BCUT2D eigenvalue weighted by molar-refractivity contribution is 7.91. The number of carbonyl (C=O) groups excluding carboxylic acids is 2. The molecule has 0 N–H and O–H groups in total. The molecule has 0 aromatic heterocycles. The predicted octanol–water partition coefficient (Wildman–Crippen LogP) is 4.78. The highest BCUT2D eigenvalue weighted by Crippen LogP contribution is 2.29. The molecule has 38 heavy (non-hydrogen) atoms. The van der Waals surface area contributed by atoms with Crippen LogP contribution in [0.5, 0.6) is 0 Å². The number of sulfone groups is 1. The Morgan fingerprint density at radius 3 is 2.29 bits per heavy atom. The Morgan fingerprint density at radius 2 is 1.63 bits per heavy atom. The maximum Gasteiger partial charge on any atom is 0.238 e. The summed E-state index contributed by atoms with van der Waals surface area (Å²) in [6.07, 6.45) is 1.17. The van der Waals surface area contributed by atoms with Crippen LogP contribution in [-0.2, 0) is 31.7 Å². The van der Waals surface area contributed by atoms with Crippen LogP contribution >= 0.6 is 11.6 Å². The van der Waals surface area contributed by atoms with Crippen LogP contribution in [0, 0.1) is 5.92 Å². The molecule has 2 amide bonds. The van der Waals surface area contributed by atoms with Gasteiger partial charge in [-0.1, -0.05) is 61.8 Å². The third-order valence-electron chi connectivity index (χ3n) is 6.72. The molecule has 0 aliphatic carbocycles. The number of hydrogen-bond donors (Lipinski definition) is 0. The van der Waals surface area contributed by atoms with Gasteiger partial charge in [-0.05, 0) is 49.4 Å². The largest absolute Gasteiger partial charge is 0.336 e. The fraction of sp³-hybridized carbons (Fsp3) is 0.517. The van der Waals surface area contributed by atoms with Crippen LogP contribution in [-0.4, -0.2) is 68.0 Å². The summed E-state index contributed by atoms with van der Waals surface area (Å²) < 4.78 is 25.9. The first-order valence-electron chi connectivity index (χ1n) is 13.3. The minimum atomic E-state index is -3.67. The van der Waals surface area contributed by atoms with Crippen molar-refractivity contribution >= 4 is 38.9 Å². The van der Waals surface area contributed by atoms with Gasteiger partial charge in [0.1, 0.15) is 5.75 Å². The smallest absolute Gasteiger partial charge is 0.238 e. The van der Waals surface area contributed by atoms with Gasteiger partial charge in [-0.15, -0.1) is 0 Å². The van der Waals surface area contributed by atoms with Crippen LogP contribution in [0.4, 0.5) is 5.69 Å². The summed E-state index contributed by atoms with van der Waals surface area (Å²) in [6, 6.07) is 14.5. The monoisotopic (exact) mass is 561 g/mol. The van der Waals surface area contributed by atoms with E-state index in [4.69, 9.17) is 11.6 Å². The topological polar surface area (TPSA) is 78.0 Å². The number of anilines is 1. The number of rotatable bonds is 7. The number of carbonyl (C=O) groups is 2. The molecule has 1 aliphatic rings. The molecule has 0 saturated heterocycles. The maximum atomic E-state index is 13.5. The van der Waals surface area contributed by atoms with Crippen LogP contribution < -0.4 is 4.90 Å². The molecular formula is C29H40ClN3O4S. The third kappa shape index (κ3) is 8.82. The Hall–Kier alpha value is -2.42. The van der Waals surface area contributed by atoms with E-state index in [2.05, 4.69) is 18.7 Å². The highest BCUT2D eigenvalue weighted by Gasteiger charge is 2.27. The van der Waals surface area contributed by atoms with Crippen molar-refractivity contribution in [2.75, 3.05) is 36.8 Å². The SMILES string of the molecule is CC(C)CC(=O)N1CCCN(C(C)C)CCN(C(=O)CS(=O)(=O)Cc2ccccc2)Cc2ccc(Cl)cc21. The number of benzene rings is 2. The molecule has 2 aromatic rings. The Kier molecular flexibility index (Phi) is 10.8. The molecule has 7 nitrogen and oxygen atoms in total. The van der Waals surface area contributed by atoms with Crippen molar-refractivity contribution in [3.05, 3.63) is 64.7 Å². The molecule has 0 radical (unpaired) electrons. The molecule has 9 heteroatoms. The van der Waals surface area contributed by atoms with Gasteiger partial charge in [-0.2, -0.15) is 0 Å². The van der Waals surface area contributed by atoms with Crippen LogP contribution in [0.2, 0.25) is 5.02 Å². The predicted molar refractivity (Wildman–Crippen MR) is 154 cm³/mol. The van der Waals surface area contributed by atoms with Gasteiger partial charge in [0.2, 0.25) is 11.8 Å². The lowest BCUT2D eigenvalue weighted by Crippen LogP contribution is -2.43. The van der Waals surface area contributed by atoms with E-state index in [-0.39, 0.29) is 30.2 Å². The Balaban J connectivity index is 1.94. The number of halogens is 1. The van der Waals surface area contributed by atoms with Gasteiger partial charge >= 0.3 is 0 Å². The second-order valence-electron chi connectivity index (χ2n) is 10.7. The normalized spacial score (nSPS) is 15.9. The van der Waals surface area contributed by atoms with Gasteiger partial charge in [-0.25, -0.2) is 8.42 Å². The molecule has 0 unspecified atom stereocenters. The Bertz CT molecular complexity index is 1200. The van der Waals surface area contributed by atoms with E-state index in [1.54, 1.807) is 46.2 Å². The maximum absolute atomic E-state index is 13.5. The van der Waals surface area contributed by atoms with Crippen molar-refractivity contribution < 1.29 is 18.0 Å². The van der Waals surface area contributed by atoms with Crippen LogP contribution in [0.25, 0.3) is 0 Å². The summed E-state index contributed by atoms with van der Waals surface area (Å²) in [7, 11) is -3.67. The van der Waals surface area contributed by atoms with Crippen molar-refractivity contribution in [2.24, 2.45) is 5.92 Å².